The van der Waals surface area contributed by atoms with E-state index in [2.05, 4.69) is 24.1 Å². The Morgan fingerprint density at radius 1 is 1.33 bits per heavy atom. The highest BCUT2D eigenvalue weighted by Crippen LogP contribution is 2.28. The summed E-state index contributed by atoms with van der Waals surface area (Å²) < 4.78 is 0. The van der Waals surface area contributed by atoms with E-state index in [1.807, 2.05) is 7.05 Å². The second kappa shape index (κ2) is 3.76. The summed E-state index contributed by atoms with van der Waals surface area (Å²) in [7, 11) is 1.87. The van der Waals surface area contributed by atoms with E-state index < -0.39 is 0 Å². The molecule has 1 N–H and O–H groups in total. The van der Waals surface area contributed by atoms with Gasteiger partial charge in [0.15, 0.2) is 0 Å². The maximum absolute atomic E-state index is 12.0. The van der Waals surface area contributed by atoms with Gasteiger partial charge in [0.1, 0.15) is 5.54 Å². The van der Waals surface area contributed by atoms with Gasteiger partial charge in [-0.05, 0) is 26.7 Å². The molecule has 2 fully saturated rings. The molecule has 0 atom stereocenters. The van der Waals surface area contributed by atoms with Crippen LogP contribution in [0.15, 0.2) is 0 Å². The van der Waals surface area contributed by atoms with E-state index in [9.17, 15) is 4.79 Å². The van der Waals surface area contributed by atoms with Crippen molar-refractivity contribution in [2.24, 2.45) is 0 Å². The fourth-order valence-corrected chi connectivity index (χ4v) is 2.60. The topological polar surface area (TPSA) is 35.6 Å². The number of nitrogens with one attached hydrogen (secondary N) is 1. The molecule has 2 saturated heterocycles. The van der Waals surface area contributed by atoms with E-state index in [0.29, 0.717) is 12.7 Å². The molecule has 4 nitrogen and oxygen atoms in total. The number of hydrogen-bond donors (Lipinski definition) is 1. The normalized spacial score (nSPS) is 26.9. The molecule has 4 heteroatoms. The van der Waals surface area contributed by atoms with E-state index in [1.165, 1.54) is 0 Å². The van der Waals surface area contributed by atoms with Crippen molar-refractivity contribution in [1.82, 2.24) is 15.1 Å². The first kappa shape index (κ1) is 10.9. The lowest BCUT2D eigenvalue weighted by molar-refractivity contribution is -0.133. The summed E-state index contributed by atoms with van der Waals surface area (Å²) in [6.45, 7) is 7.21. The fraction of sp³-hybridized carbons (Fsp3) is 0.909. The van der Waals surface area contributed by atoms with Crippen LogP contribution in [0.5, 0.6) is 0 Å². The average Bonchev–Trinajstić information content (AvgIpc) is 2.48. The average molecular weight is 211 g/mol. The Morgan fingerprint density at radius 2 is 1.93 bits per heavy atom. The van der Waals surface area contributed by atoms with E-state index in [4.69, 9.17) is 0 Å². The van der Waals surface area contributed by atoms with Crippen LogP contribution in [-0.4, -0.2) is 54.1 Å². The summed E-state index contributed by atoms with van der Waals surface area (Å²) >= 11 is 0. The molecule has 1 spiro atoms. The number of amides is 1. The van der Waals surface area contributed by atoms with Crippen molar-refractivity contribution in [3.63, 3.8) is 0 Å². The Balaban J connectivity index is 2.01. The molecule has 15 heavy (non-hydrogen) atoms. The predicted octanol–water partition coefficient (Wildman–Crippen LogP) is 0.249. The third-order valence-electron chi connectivity index (χ3n) is 3.79. The maximum atomic E-state index is 12.0. The molecule has 2 aliphatic rings. The Bertz CT molecular complexity index is 257. The summed E-state index contributed by atoms with van der Waals surface area (Å²) in [5, 5.41) is 3.38. The number of likely N-dealkylation sites (tertiary alicyclic amines) is 1. The maximum Gasteiger partial charge on any atom is 0.243 e. The van der Waals surface area contributed by atoms with Crippen LogP contribution >= 0.6 is 0 Å². The van der Waals surface area contributed by atoms with Gasteiger partial charge in [-0.3, -0.25) is 10.1 Å². The first-order valence-corrected chi connectivity index (χ1v) is 5.80. The van der Waals surface area contributed by atoms with Crippen molar-refractivity contribution < 1.29 is 4.79 Å². The molecule has 0 radical (unpaired) electrons. The van der Waals surface area contributed by atoms with Crippen LogP contribution in [0.4, 0.5) is 0 Å². The van der Waals surface area contributed by atoms with Crippen molar-refractivity contribution in [3.05, 3.63) is 0 Å². The second-order valence-electron chi connectivity index (χ2n) is 5.05. The summed E-state index contributed by atoms with van der Waals surface area (Å²) in [6.07, 6.45) is 1.91. The first-order valence-electron chi connectivity index (χ1n) is 5.80. The van der Waals surface area contributed by atoms with Gasteiger partial charge in [0.05, 0.1) is 6.67 Å². The number of carbonyl (C=O) groups excluding carboxylic acids is 1. The second-order valence-corrected chi connectivity index (χ2v) is 5.05. The molecular weight excluding hydrogens is 190 g/mol. The molecular formula is C11H21N3O. The summed E-state index contributed by atoms with van der Waals surface area (Å²) in [6, 6.07) is 0.594. The minimum atomic E-state index is -0.236. The number of nitrogens with zero attached hydrogens (tertiary/aromatic N) is 2. The van der Waals surface area contributed by atoms with Crippen LogP contribution in [0.3, 0.4) is 0 Å². The lowest BCUT2D eigenvalue weighted by Gasteiger charge is -2.39. The van der Waals surface area contributed by atoms with E-state index in [0.717, 1.165) is 25.9 Å². The van der Waals surface area contributed by atoms with Gasteiger partial charge in [0, 0.05) is 26.2 Å². The highest BCUT2D eigenvalue weighted by Gasteiger charge is 2.46. The van der Waals surface area contributed by atoms with Crippen LogP contribution < -0.4 is 5.32 Å². The minimum absolute atomic E-state index is 0.236. The molecule has 0 aromatic carbocycles. The van der Waals surface area contributed by atoms with Gasteiger partial charge in [-0.25, -0.2) is 0 Å². The lowest BCUT2D eigenvalue weighted by atomic mass is 9.87. The van der Waals surface area contributed by atoms with Crippen molar-refractivity contribution in [3.8, 4) is 0 Å². The molecule has 2 heterocycles. The molecule has 0 unspecified atom stereocenters. The standard InChI is InChI=1S/C11H21N3O/c1-9(2)14-6-4-11(5-7-14)10(15)13(3)8-12-11/h9,12H,4-8H2,1-3H3. The summed E-state index contributed by atoms with van der Waals surface area (Å²) in [5.41, 5.74) is -0.236. The first-order chi connectivity index (χ1) is 7.05. The zero-order chi connectivity index (χ0) is 11.1. The highest BCUT2D eigenvalue weighted by atomic mass is 16.2. The Labute approximate surface area is 91.6 Å². The molecule has 2 aliphatic heterocycles. The molecule has 0 aromatic heterocycles. The van der Waals surface area contributed by atoms with Gasteiger partial charge >= 0.3 is 0 Å². The Kier molecular flexibility index (Phi) is 2.73. The van der Waals surface area contributed by atoms with Gasteiger partial charge < -0.3 is 9.80 Å². The zero-order valence-electron chi connectivity index (χ0n) is 9.92. The number of rotatable bonds is 1. The van der Waals surface area contributed by atoms with Crippen molar-refractivity contribution >= 4 is 5.91 Å². The molecule has 86 valence electrons. The van der Waals surface area contributed by atoms with Crippen LogP contribution in [0.2, 0.25) is 0 Å². The van der Waals surface area contributed by atoms with Gasteiger partial charge in [-0.2, -0.15) is 0 Å². The zero-order valence-corrected chi connectivity index (χ0v) is 9.92. The van der Waals surface area contributed by atoms with Gasteiger partial charge in [-0.15, -0.1) is 0 Å². The van der Waals surface area contributed by atoms with Crippen LogP contribution in [0.1, 0.15) is 26.7 Å². The van der Waals surface area contributed by atoms with Crippen LogP contribution in [0, 0.1) is 0 Å². The lowest BCUT2D eigenvalue weighted by Crippen LogP contribution is -2.55. The molecule has 1 amide bonds. The third kappa shape index (κ3) is 1.76. The largest absolute Gasteiger partial charge is 0.331 e. The predicted molar refractivity (Wildman–Crippen MR) is 59.4 cm³/mol. The number of hydrogen-bond acceptors (Lipinski definition) is 3. The van der Waals surface area contributed by atoms with E-state index >= 15 is 0 Å². The van der Waals surface area contributed by atoms with Crippen molar-refractivity contribution in [1.29, 1.82) is 0 Å². The highest BCUT2D eigenvalue weighted by molar-refractivity contribution is 5.88. The van der Waals surface area contributed by atoms with Crippen LogP contribution in [-0.2, 0) is 4.79 Å². The fourth-order valence-electron chi connectivity index (χ4n) is 2.60. The third-order valence-corrected chi connectivity index (χ3v) is 3.79. The molecule has 0 saturated carbocycles. The Hall–Kier alpha value is -0.610. The van der Waals surface area contributed by atoms with Gasteiger partial charge in [0.25, 0.3) is 0 Å². The number of likely N-dealkylation sites (N-methyl/N-ethyl adjacent to an activating group) is 1. The monoisotopic (exact) mass is 211 g/mol. The van der Waals surface area contributed by atoms with Gasteiger partial charge in [0.2, 0.25) is 5.91 Å². The smallest absolute Gasteiger partial charge is 0.243 e. The number of piperidine rings is 1. The van der Waals surface area contributed by atoms with Gasteiger partial charge in [-0.1, -0.05) is 0 Å². The molecule has 0 aromatic rings. The van der Waals surface area contributed by atoms with Crippen molar-refractivity contribution in [2.75, 3.05) is 26.8 Å². The van der Waals surface area contributed by atoms with Crippen LogP contribution in [0.25, 0.3) is 0 Å². The minimum Gasteiger partial charge on any atom is -0.331 e. The SMILES string of the molecule is CC(C)N1CCC2(CC1)NCN(C)C2=O. The Morgan fingerprint density at radius 3 is 2.33 bits per heavy atom. The molecule has 2 rings (SSSR count). The number of carbonyl (C=O) groups is 1. The van der Waals surface area contributed by atoms with E-state index in [1.54, 1.807) is 4.90 Å². The molecule has 0 aliphatic carbocycles. The molecule has 0 bridgehead atoms. The quantitative estimate of drug-likeness (QED) is 0.675. The summed E-state index contributed by atoms with van der Waals surface area (Å²) in [5.74, 6) is 0.283. The van der Waals surface area contributed by atoms with Crippen molar-refractivity contribution in [2.45, 2.75) is 38.3 Å². The van der Waals surface area contributed by atoms with E-state index in [-0.39, 0.29) is 11.4 Å². The summed E-state index contributed by atoms with van der Waals surface area (Å²) in [4.78, 5) is 16.2.